The third kappa shape index (κ3) is 26.2. The van der Waals surface area contributed by atoms with Crippen molar-refractivity contribution in [2.75, 3.05) is 13.2 Å². The van der Waals surface area contributed by atoms with E-state index in [4.69, 9.17) is 56.0 Å². The molecule has 10 N–H and O–H groups in total. The largest absolute Gasteiger partial charge is 1.00 e. The van der Waals surface area contributed by atoms with Crippen molar-refractivity contribution in [2.45, 2.75) is 132 Å². The molecular weight excluding hydrogens is 1740 g/mol. The van der Waals surface area contributed by atoms with E-state index in [2.05, 4.69) is 30.9 Å². The molecule has 13 aromatic rings. The normalized spacial score (nSPS) is 10.9. The Balaban J connectivity index is 0.000000362. The van der Waals surface area contributed by atoms with Gasteiger partial charge in [-0.15, -0.1) is 12.4 Å². The topological polar surface area (TPSA) is 383 Å². The first-order valence-electron chi connectivity index (χ1n) is 37.2. The molecule has 5 heterocycles. The van der Waals surface area contributed by atoms with Gasteiger partial charge in [-0.3, -0.25) is 19.4 Å². The molecule has 24 nitrogen and oxygen atoms in total. The van der Waals surface area contributed by atoms with Crippen molar-refractivity contribution >= 4 is 107 Å². The zero-order chi connectivity index (χ0) is 84.4. The monoisotopic (exact) mass is 1840 g/mol. The number of carboxylic acid groups (broad SMARTS) is 1. The van der Waals surface area contributed by atoms with Crippen LogP contribution in [-0.2, 0) is 109 Å². The molecule has 125 heavy (non-hydrogen) atoms. The number of esters is 2. The number of hydrogen-bond acceptors (Lipinski definition) is 21. The van der Waals surface area contributed by atoms with E-state index in [1.165, 1.54) is 46.7 Å². The summed E-state index contributed by atoms with van der Waals surface area (Å²) < 4.78 is 129. The number of carbonyl (C=O) groups is 3. The predicted octanol–water partition coefficient (Wildman–Crippen LogP) is 13.4. The summed E-state index contributed by atoms with van der Waals surface area (Å²) in [6.45, 7) is 8.18. The maximum Gasteiger partial charge on any atom is 1.00 e. The van der Waals surface area contributed by atoms with E-state index in [1.54, 1.807) is 172 Å². The Hall–Kier alpha value is -10.9. The Morgan fingerprint density at radius 2 is 0.864 bits per heavy atom. The summed E-state index contributed by atoms with van der Waals surface area (Å²) >= 11 is 3.52. The standard InChI is InChI=1S/C32H30FN3O5S.C25H23BrN2O5S.C24H21FN2O3.C7H9BFNO2.4CH4.ClH.Na.H2O/c1-3-40-30(37)17-22-7-4-5-10-29(22)41-20-24-18-28(26-9-6-8-23(19-34)31(26)33)27-15-16-36(32(27)35-24)42(38,39)25-13-11-21(2)12-14-25;1-3-32-24(29)14-18-6-4-5-7-23(18)33-16-19-15-22(26)21-12-13-28(25(21)27-19)34(30,31)20-10-8-17(2)9-11-20;25-24-16(13-26)6-3-8-19(24)20-12-17(27-21-9-4-7-18(20)21)14-30-22-10-2-1-5-15(22)11-23(28)29;9-7-5(4-10)2-1-3-6(7)8(11)12;;;;;;;/h4-16,18H,3,17,19-20,34H2,1-2H3;4-13,15H,3,14,16H2,1-2H3;1-8,10,12H,9,11,13-14,26H2,(H,28,29);1-3,11-12H,4,10H2;4*1H4;1H;;1H2/q;;;;;;;;;+1;/p-1. The van der Waals surface area contributed by atoms with E-state index in [0.717, 1.165) is 31.9 Å². The van der Waals surface area contributed by atoms with Crippen molar-refractivity contribution < 1.29 is 118 Å². The van der Waals surface area contributed by atoms with Crippen molar-refractivity contribution in [2.24, 2.45) is 17.2 Å². The zero-order valence-electron chi connectivity index (χ0n) is 66.4. The van der Waals surface area contributed by atoms with Crippen LogP contribution in [0.2, 0.25) is 0 Å². The maximum absolute atomic E-state index is 15.5. The SMILES string of the molecule is C.C.C.C.CCOC(=O)Cc1ccccc1OCc1cc(-c2cccc(CN)c2F)c2ccn(S(=O)(=O)c3ccc(C)cc3)c2n1.CCOC(=O)Cc1ccccc1OCc1cc(Br)c2ccn(S(=O)(=O)c3ccc(C)cc3)c2n1.Cl.NCc1cccc(-c2cc(COc3ccccc3CC(=O)O)nc3c2C=CC3)c1F.NCc1cccc(B(O)O)c1F.[Na+].[OH-]. The molecule has 5 aromatic heterocycles. The first-order valence-corrected chi connectivity index (χ1v) is 40.9. The zero-order valence-corrected chi connectivity index (χ0v) is 72.4. The molecule has 1 aliphatic rings. The average Bonchev–Trinajstić information content (AvgIpc) is 1.61. The molecule has 0 aliphatic heterocycles. The van der Waals surface area contributed by atoms with Gasteiger partial charge in [-0.2, -0.15) is 0 Å². The van der Waals surface area contributed by atoms with Gasteiger partial charge in [0.15, 0.2) is 11.3 Å². The van der Waals surface area contributed by atoms with Gasteiger partial charge in [-0.25, -0.2) is 47.9 Å². The van der Waals surface area contributed by atoms with E-state index >= 15 is 4.39 Å². The van der Waals surface area contributed by atoms with Gasteiger partial charge in [0.05, 0.1) is 65.0 Å². The summed E-state index contributed by atoms with van der Waals surface area (Å²) in [5, 5.41) is 27.6. The number of nitrogens with two attached hydrogens (primary N) is 3. The fourth-order valence-electron chi connectivity index (χ4n) is 12.8. The van der Waals surface area contributed by atoms with Crippen LogP contribution in [0.15, 0.2) is 239 Å². The van der Waals surface area contributed by atoms with Crippen LogP contribution in [-0.4, -0.2) is 98.6 Å². The van der Waals surface area contributed by atoms with Crippen LogP contribution in [0, 0.1) is 31.3 Å². The second-order valence-electron chi connectivity index (χ2n) is 26.8. The van der Waals surface area contributed by atoms with E-state index in [-0.39, 0.29) is 192 Å². The van der Waals surface area contributed by atoms with Crippen LogP contribution in [0.4, 0.5) is 13.2 Å². The molecule has 14 rings (SSSR count). The number of nitrogens with zero attached hydrogens (tertiary/aromatic N) is 5. The van der Waals surface area contributed by atoms with Gasteiger partial charge in [0.2, 0.25) is 0 Å². The van der Waals surface area contributed by atoms with E-state index in [1.807, 2.05) is 44.2 Å². The predicted molar refractivity (Wildman–Crippen MR) is 483 cm³/mol. The Morgan fingerprint density at radius 1 is 0.488 bits per heavy atom. The number of aromatic nitrogens is 5. The van der Waals surface area contributed by atoms with Gasteiger partial charge in [-0.1, -0.05) is 186 Å². The molecule has 0 spiro atoms. The van der Waals surface area contributed by atoms with Crippen LogP contribution in [0.3, 0.4) is 0 Å². The van der Waals surface area contributed by atoms with Crippen LogP contribution < -0.4 is 66.4 Å². The number of halogens is 5. The number of carbonyl (C=O) groups excluding carboxylic acids is 2. The summed E-state index contributed by atoms with van der Waals surface area (Å²) in [6, 6.07) is 57.6. The quantitative estimate of drug-likeness (QED) is 0.0206. The molecule has 0 unspecified atom stereocenters. The molecule has 0 amide bonds. The molecule has 0 bridgehead atoms. The molecule has 33 heteroatoms. The minimum Gasteiger partial charge on any atom is -0.870 e. The van der Waals surface area contributed by atoms with Gasteiger partial charge in [0.25, 0.3) is 20.0 Å². The number of hydrogen-bond donors (Lipinski definition) is 6. The van der Waals surface area contributed by atoms with Gasteiger partial charge in [0.1, 0.15) is 54.5 Å². The second kappa shape index (κ2) is 49.1. The third-order valence-electron chi connectivity index (χ3n) is 18.7. The second-order valence-corrected chi connectivity index (χ2v) is 31.3. The van der Waals surface area contributed by atoms with Crippen molar-refractivity contribution in [1.29, 1.82) is 0 Å². The summed E-state index contributed by atoms with van der Waals surface area (Å²) in [5.41, 5.74) is 27.1. The van der Waals surface area contributed by atoms with Gasteiger partial charge < -0.3 is 61.5 Å². The summed E-state index contributed by atoms with van der Waals surface area (Å²) in [5.74, 6) is -1.62. The van der Waals surface area contributed by atoms with Gasteiger partial charge in [0, 0.05) is 109 Å². The van der Waals surface area contributed by atoms with Gasteiger partial charge >= 0.3 is 54.6 Å². The smallest absolute Gasteiger partial charge is 0.870 e. The Kier molecular flexibility index (Phi) is 41.9. The number of benzene rings is 8. The fraction of sp³-hybridized carbons (Fsp3) is 0.217. The Bertz CT molecular complexity index is 6120. The van der Waals surface area contributed by atoms with Gasteiger partial charge in [-0.05, 0) is 128 Å². The molecular formula is C92H101BBrClF3N8NaO16S2. The Labute approximate surface area is 764 Å². The number of fused-ring (bicyclic) bond motifs is 3. The Morgan fingerprint density at radius 3 is 1.30 bits per heavy atom. The van der Waals surface area contributed by atoms with Crippen molar-refractivity contribution in [3.8, 4) is 39.5 Å². The molecule has 0 saturated heterocycles. The van der Waals surface area contributed by atoms with Crippen LogP contribution in [0.5, 0.6) is 17.2 Å². The number of ether oxygens (including phenoxy) is 5. The molecule has 0 saturated carbocycles. The minimum absolute atomic E-state index is 0. The maximum atomic E-state index is 15.5. The average molecular weight is 1850 g/mol. The summed E-state index contributed by atoms with van der Waals surface area (Å²) in [7, 11) is -9.63. The number of rotatable bonds is 27. The number of carboxylic acids is 1. The van der Waals surface area contributed by atoms with Crippen molar-refractivity contribution in [3.05, 3.63) is 319 Å². The summed E-state index contributed by atoms with van der Waals surface area (Å²) in [6.07, 6.45) is 7.53. The molecule has 1 aliphatic carbocycles. The number of para-hydroxylation sites is 3. The van der Waals surface area contributed by atoms with E-state index in [9.17, 15) is 40.0 Å². The van der Waals surface area contributed by atoms with E-state index < -0.39 is 44.8 Å². The molecule has 8 aromatic carbocycles. The fourth-order valence-corrected chi connectivity index (χ4v) is 16.0. The number of allylic oxidation sites excluding steroid dienone is 1. The minimum atomic E-state index is -4.02. The molecule has 656 valence electrons. The first-order chi connectivity index (χ1) is 56.7. The number of aryl methyl sites for hydroxylation is 2. The van der Waals surface area contributed by atoms with Crippen LogP contribution in [0.25, 0.3) is 50.4 Å². The molecule has 0 fully saturated rings. The van der Waals surface area contributed by atoms with Crippen LogP contribution >= 0.6 is 28.3 Å². The molecule has 0 radical (unpaired) electrons. The molecule has 0 atom stereocenters. The first kappa shape index (κ1) is 106. The van der Waals surface area contributed by atoms with Crippen molar-refractivity contribution in [3.63, 3.8) is 0 Å². The van der Waals surface area contributed by atoms with E-state index in [0.29, 0.717) is 107 Å². The number of aliphatic carboxylic acids is 1. The van der Waals surface area contributed by atoms with Crippen molar-refractivity contribution in [1.82, 2.24) is 22.9 Å². The summed E-state index contributed by atoms with van der Waals surface area (Å²) in [4.78, 5) is 49.3. The van der Waals surface area contributed by atoms with Crippen LogP contribution in [0.1, 0.15) is 116 Å². The third-order valence-corrected chi connectivity index (χ3v) is 22.7. The number of pyridine rings is 3.